The number of aliphatic hydroxyl groups is 1. The van der Waals surface area contributed by atoms with Crippen LogP contribution in [0.1, 0.15) is 17.8 Å². The number of aromatic nitrogens is 2. The Bertz CT molecular complexity index is 1220. The number of hydrogen-bond acceptors (Lipinski definition) is 7. The van der Waals surface area contributed by atoms with Crippen molar-refractivity contribution in [2.75, 3.05) is 54.4 Å². The zero-order valence-corrected chi connectivity index (χ0v) is 20.2. The number of anilines is 3. The van der Waals surface area contributed by atoms with Gasteiger partial charge in [-0.15, -0.1) is 17.8 Å². The highest BCUT2D eigenvalue weighted by Crippen LogP contribution is 2.28. The minimum absolute atomic E-state index is 0.141. The fourth-order valence-corrected chi connectivity index (χ4v) is 5.22. The van der Waals surface area contributed by atoms with Gasteiger partial charge in [-0.25, -0.2) is 14.8 Å². The van der Waals surface area contributed by atoms with E-state index in [1.54, 1.807) is 10.3 Å². The van der Waals surface area contributed by atoms with Crippen molar-refractivity contribution >= 4 is 34.7 Å². The Morgan fingerprint density at radius 1 is 1.14 bits per heavy atom. The molecule has 0 radical (unpaired) electrons. The number of pyridine rings is 1. The number of terminal acetylenes is 1. The number of carbonyl (C=O) groups excluding carboxylic acids is 1. The molecule has 5 rings (SSSR count). The van der Waals surface area contributed by atoms with Crippen LogP contribution in [0.2, 0.25) is 0 Å². The van der Waals surface area contributed by atoms with Crippen LogP contribution in [0.25, 0.3) is 11.1 Å². The van der Waals surface area contributed by atoms with Crippen molar-refractivity contribution in [2.24, 2.45) is 0 Å². The number of piperazine rings is 1. The molecule has 2 N–H and O–H groups in total. The van der Waals surface area contributed by atoms with Gasteiger partial charge < -0.3 is 19.8 Å². The lowest BCUT2D eigenvalue weighted by Gasteiger charge is -2.41. The zero-order valence-electron chi connectivity index (χ0n) is 19.4. The lowest BCUT2D eigenvalue weighted by molar-refractivity contribution is 0.132. The first-order valence-electron chi connectivity index (χ1n) is 11.8. The highest BCUT2D eigenvalue weighted by molar-refractivity contribution is 7.10. The van der Waals surface area contributed by atoms with Crippen molar-refractivity contribution in [2.45, 2.75) is 18.9 Å². The number of carbonyl (C=O) groups is 1. The zero-order chi connectivity index (χ0) is 24.2. The smallest absolute Gasteiger partial charge is 0.323 e. The van der Waals surface area contributed by atoms with Crippen molar-refractivity contribution in [3.8, 4) is 23.5 Å². The van der Waals surface area contributed by atoms with Crippen molar-refractivity contribution in [1.29, 1.82) is 0 Å². The number of rotatable bonds is 5. The normalized spacial score (nSPS) is 17.9. The number of amides is 2. The molecule has 2 amide bonds. The van der Waals surface area contributed by atoms with Crippen LogP contribution in [-0.2, 0) is 0 Å². The van der Waals surface area contributed by atoms with E-state index in [0.29, 0.717) is 30.5 Å². The average molecular weight is 489 g/mol. The predicted molar refractivity (Wildman–Crippen MR) is 140 cm³/mol. The molecule has 2 aliphatic heterocycles. The molecule has 4 heterocycles. The van der Waals surface area contributed by atoms with E-state index in [-0.39, 0.29) is 18.7 Å². The Morgan fingerprint density at radius 3 is 2.71 bits per heavy atom. The highest BCUT2D eigenvalue weighted by Gasteiger charge is 2.31. The van der Waals surface area contributed by atoms with Gasteiger partial charge in [0, 0.05) is 55.6 Å². The van der Waals surface area contributed by atoms with Gasteiger partial charge in [0.1, 0.15) is 11.6 Å². The van der Waals surface area contributed by atoms with Crippen LogP contribution in [0.3, 0.4) is 0 Å². The average Bonchev–Trinajstić information content (AvgIpc) is 3.61. The molecule has 0 saturated carbocycles. The quantitative estimate of drug-likeness (QED) is 0.535. The number of nitrogens with zero attached hydrogens (tertiary/aromatic N) is 5. The van der Waals surface area contributed by atoms with Crippen LogP contribution in [0.15, 0.2) is 48.0 Å². The molecule has 2 aromatic heterocycles. The minimum atomic E-state index is -0.354. The lowest BCUT2D eigenvalue weighted by Crippen LogP contribution is -2.58. The Morgan fingerprint density at radius 2 is 2.00 bits per heavy atom. The molecule has 0 aliphatic carbocycles. The fraction of sp³-hybridized carbons (Fsp3) is 0.346. The van der Waals surface area contributed by atoms with Crippen LogP contribution in [0, 0.1) is 12.3 Å². The summed E-state index contributed by atoms with van der Waals surface area (Å²) in [6.07, 6.45) is 9.76. The molecule has 180 valence electrons. The number of hydrogen-bond donors (Lipinski definition) is 2. The summed E-state index contributed by atoms with van der Waals surface area (Å²) in [5, 5.41) is 15.0. The van der Waals surface area contributed by atoms with E-state index in [9.17, 15) is 9.90 Å². The second-order valence-electron chi connectivity index (χ2n) is 8.74. The molecule has 3 aromatic rings. The minimum Gasteiger partial charge on any atom is -0.394 e. The van der Waals surface area contributed by atoms with Crippen molar-refractivity contribution in [1.82, 2.24) is 14.9 Å². The first-order chi connectivity index (χ1) is 17.1. The van der Waals surface area contributed by atoms with E-state index in [1.165, 1.54) is 29.9 Å². The molecule has 8 nitrogen and oxygen atoms in total. The summed E-state index contributed by atoms with van der Waals surface area (Å²) in [6.45, 7) is 3.67. The van der Waals surface area contributed by atoms with Crippen molar-refractivity contribution in [3.63, 3.8) is 0 Å². The fourth-order valence-electron chi connectivity index (χ4n) is 4.67. The lowest BCUT2D eigenvalue weighted by atomic mass is 10.1. The largest absolute Gasteiger partial charge is 0.394 e. The molecule has 2 fully saturated rings. The van der Waals surface area contributed by atoms with Gasteiger partial charge in [0.05, 0.1) is 12.6 Å². The molecule has 1 atom stereocenters. The van der Waals surface area contributed by atoms with E-state index in [2.05, 4.69) is 56.4 Å². The summed E-state index contributed by atoms with van der Waals surface area (Å²) in [4.78, 5) is 27.8. The van der Waals surface area contributed by atoms with E-state index in [0.717, 1.165) is 30.0 Å². The molecule has 0 bridgehead atoms. The van der Waals surface area contributed by atoms with Gasteiger partial charge in [-0.3, -0.25) is 5.32 Å². The van der Waals surface area contributed by atoms with Crippen LogP contribution in [0.5, 0.6) is 0 Å². The third-order valence-electron chi connectivity index (χ3n) is 6.54. The molecule has 35 heavy (non-hydrogen) atoms. The van der Waals surface area contributed by atoms with E-state index in [1.807, 2.05) is 12.3 Å². The number of nitrogens with one attached hydrogen (secondary N) is 1. The SMILES string of the molecule is C#Cc1nc(NC(=O)N2CCN(c3ccc(-c4cccc(N5CCCC5)c4)cn3)CC2CO)cs1. The van der Waals surface area contributed by atoms with E-state index < -0.39 is 0 Å². The van der Waals surface area contributed by atoms with E-state index in [4.69, 9.17) is 11.4 Å². The number of aliphatic hydroxyl groups excluding tert-OH is 1. The van der Waals surface area contributed by atoms with Crippen LogP contribution in [0.4, 0.5) is 22.1 Å². The number of thiazole rings is 1. The van der Waals surface area contributed by atoms with E-state index >= 15 is 0 Å². The third kappa shape index (κ3) is 5.09. The highest BCUT2D eigenvalue weighted by atomic mass is 32.1. The molecule has 1 aromatic carbocycles. The van der Waals surface area contributed by atoms with Gasteiger partial charge in [0.2, 0.25) is 0 Å². The maximum Gasteiger partial charge on any atom is 0.323 e. The first kappa shape index (κ1) is 23.1. The Labute approximate surface area is 209 Å². The summed E-state index contributed by atoms with van der Waals surface area (Å²) in [7, 11) is 0. The molecule has 1 unspecified atom stereocenters. The van der Waals surface area contributed by atoms with Crippen LogP contribution < -0.4 is 15.1 Å². The number of benzene rings is 1. The molecular weight excluding hydrogens is 460 g/mol. The molecule has 2 saturated heterocycles. The topological polar surface area (TPSA) is 84.8 Å². The Hall–Kier alpha value is -3.61. The maximum atomic E-state index is 12.8. The maximum absolute atomic E-state index is 12.8. The van der Waals surface area contributed by atoms with Crippen molar-refractivity contribution < 1.29 is 9.90 Å². The molecule has 0 spiro atoms. The summed E-state index contributed by atoms with van der Waals surface area (Å²) in [6, 6.07) is 12.1. The van der Waals surface area contributed by atoms with Gasteiger partial charge in [-0.1, -0.05) is 12.1 Å². The second-order valence-corrected chi connectivity index (χ2v) is 9.60. The van der Waals surface area contributed by atoms with Gasteiger partial charge in [-0.2, -0.15) is 0 Å². The van der Waals surface area contributed by atoms with Crippen LogP contribution in [-0.4, -0.2) is 71.4 Å². The summed E-state index contributed by atoms with van der Waals surface area (Å²) >= 11 is 1.30. The standard InChI is InChI=1S/C26H28N6O2S/c1-2-25-28-23(18-35-25)29-26(34)32-13-12-31(16-22(32)17-33)24-9-8-20(15-27-24)19-6-5-7-21(14-19)30-10-3-4-11-30/h1,5-9,14-15,18,22,33H,3-4,10-13,16-17H2,(H,29,34). The van der Waals surface area contributed by atoms with Crippen molar-refractivity contribution in [3.05, 3.63) is 53.0 Å². The monoisotopic (exact) mass is 488 g/mol. The second kappa shape index (κ2) is 10.3. The Balaban J connectivity index is 1.24. The number of urea groups is 1. The Kier molecular flexibility index (Phi) is 6.84. The molecule has 2 aliphatic rings. The van der Waals surface area contributed by atoms with Gasteiger partial charge in [-0.05, 0) is 48.6 Å². The van der Waals surface area contributed by atoms with Gasteiger partial charge in [0.25, 0.3) is 0 Å². The molecule has 9 heteroatoms. The summed E-state index contributed by atoms with van der Waals surface area (Å²) in [5.41, 5.74) is 3.48. The molecular formula is C26H28N6O2S. The predicted octanol–water partition coefficient (Wildman–Crippen LogP) is 3.50. The first-order valence-corrected chi connectivity index (χ1v) is 12.7. The van der Waals surface area contributed by atoms with Gasteiger partial charge >= 0.3 is 6.03 Å². The van der Waals surface area contributed by atoms with Gasteiger partial charge in [0.15, 0.2) is 5.01 Å². The van der Waals surface area contributed by atoms with Crippen LogP contribution >= 0.6 is 11.3 Å². The summed E-state index contributed by atoms with van der Waals surface area (Å²) < 4.78 is 0. The summed E-state index contributed by atoms with van der Waals surface area (Å²) in [5.74, 6) is 3.72. The third-order valence-corrected chi connectivity index (χ3v) is 7.31.